The Hall–Kier alpha value is -1.35. The molecule has 6 atom stereocenters. The summed E-state index contributed by atoms with van der Waals surface area (Å²) < 4.78 is 5.41. The molecule has 0 amide bonds. The van der Waals surface area contributed by atoms with E-state index in [-0.39, 0.29) is 17.5 Å². The molecule has 0 radical (unpaired) electrons. The fourth-order valence-corrected chi connectivity index (χ4v) is 7.00. The average Bonchev–Trinajstić information content (AvgIpc) is 3.00. The lowest BCUT2D eigenvalue weighted by molar-refractivity contribution is -0.131. The summed E-state index contributed by atoms with van der Waals surface area (Å²) in [6.07, 6.45) is 9.09. The molecule has 3 aliphatic carbocycles. The lowest BCUT2D eigenvalue weighted by Gasteiger charge is -2.53. The molecule has 0 heterocycles. The molecule has 0 aromatic heterocycles. The molecule has 1 aromatic rings. The normalized spacial score (nSPS) is 35.3. The van der Waals surface area contributed by atoms with Gasteiger partial charge in [0.1, 0.15) is 5.75 Å². The Morgan fingerprint density at radius 3 is 2.73 bits per heavy atom. The van der Waals surface area contributed by atoms with Crippen molar-refractivity contribution in [3.8, 4) is 5.75 Å². The van der Waals surface area contributed by atoms with Crippen molar-refractivity contribution in [3.63, 3.8) is 0 Å². The number of hydrogen-bond acceptors (Lipinski definition) is 3. The standard InChI is InChI=1S/C27H40O3/c1-6-26(3,4)13-11-18-15-19-16-20(30-17(2)28)7-8-21(19)22-12-14-27(5)23(25(18)22)9-10-24(27)29/h7-8,16,18,22-25,29H,6,9-15H2,1-5H3. The Morgan fingerprint density at radius 1 is 1.27 bits per heavy atom. The van der Waals surface area contributed by atoms with Crippen molar-refractivity contribution < 1.29 is 14.6 Å². The van der Waals surface area contributed by atoms with E-state index in [0.29, 0.717) is 34.8 Å². The molecule has 166 valence electrons. The van der Waals surface area contributed by atoms with E-state index < -0.39 is 0 Å². The smallest absolute Gasteiger partial charge is 0.308 e. The number of carbonyl (C=O) groups is 1. The van der Waals surface area contributed by atoms with Gasteiger partial charge in [-0.15, -0.1) is 0 Å². The summed E-state index contributed by atoms with van der Waals surface area (Å²) in [6.45, 7) is 10.9. The molecule has 30 heavy (non-hydrogen) atoms. The van der Waals surface area contributed by atoms with E-state index >= 15 is 0 Å². The summed E-state index contributed by atoms with van der Waals surface area (Å²) in [5, 5.41) is 10.8. The molecule has 0 aliphatic heterocycles. The van der Waals surface area contributed by atoms with Gasteiger partial charge >= 0.3 is 5.97 Å². The topological polar surface area (TPSA) is 46.5 Å². The molecule has 1 N–H and O–H groups in total. The van der Waals surface area contributed by atoms with Crippen LogP contribution in [-0.2, 0) is 11.2 Å². The van der Waals surface area contributed by atoms with Gasteiger partial charge in [0.05, 0.1) is 6.10 Å². The molecular weight excluding hydrogens is 372 g/mol. The van der Waals surface area contributed by atoms with E-state index in [1.165, 1.54) is 50.2 Å². The summed E-state index contributed by atoms with van der Waals surface area (Å²) in [4.78, 5) is 11.5. The number of hydrogen-bond donors (Lipinski definition) is 1. The molecule has 0 bridgehead atoms. The Kier molecular flexibility index (Phi) is 5.81. The average molecular weight is 413 g/mol. The number of rotatable bonds is 5. The van der Waals surface area contributed by atoms with E-state index in [1.54, 1.807) is 0 Å². The van der Waals surface area contributed by atoms with Crippen LogP contribution in [0, 0.1) is 28.6 Å². The minimum Gasteiger partial charge on any atom is -0.427 e. The van der Waals surface area contributed by atoms with Crippen molar-refractivity contribution in [2.24, 2.45) is 28.6 Å². The third-order valence-electron chi connectivity index (χ3n) is 9.23. The van der Waals surface area contributed by atoms with Crippen LogP contribution in [-0.4, -0.2) is 17.2 Å². The Balaban J connectivity index is 1.68. The van der Waals surface area contributed by atoms with E-state index in [1.807, 2.05) is 6.07 Å². The molecule has 3 heteroatoms. The van der Waals surface area contributed by atoms with Crippen molar-refractivity contribution >= 4 is 5.97 Å². The van der Waals surface area contributed by atoms with E-state index in [9.17, 15) is 9.90 Å². The van der Waals surface area contributed by atoms with Gasteiger partial charge in [-0.05, 0) is 103 Å². The maximum atomic E-state index is 11.5. The van der Waals surface area contributed by atoms with Crippen LogP contribution in [0.1, 0.15) is 96.6 Å². The zero-order valence-corrected chi connectivity index (χ0v) is 19.5. The predicted molar refractivity (Wildman–Crippen MR) is 121 cm³/mol. The summed E-state index contributed by atoms with van der Waals surface area (Å²) in [5.41, 5.74) is 3.33. The van der Waals surface area contributed by atoms with Gasteiger partial charge in [-0.25, -0.2) is 0 Å². The predicted octanol–water partition coefficient (Wildman–Crippen LogP) is 6.27. The lowest BCUT2D eigenvalue weighted by Crippen LogP contribution is -2.47. The number of benzene rings is 1. The second-order valence-electron chi connectivity index (χ2n) is 11.4. The van der Waals surface area contributed by atoms with Crippen molar-refractivity contribution in [2.45, 2.75) is 98.0 Å². The van der Waals surface area contributed by atoms with Crippen LogP contribution >= 0.6 is 0 Å². The first-order valence-corrected chi connectivity index (χ1v) is 12.1. The molecule has 4 rings (SSSR count). The second kappa shape index (κ2) is 7.97. The SMILES string of the molecule is CCC(C)(C)CCC1Cc2cc(OC(C)=O)ccc2C2CCC3(C)C(O)CCC3C12. The number of aliphatic hydroxyl groups excluding tert-OH is 1. The summed E-state index contributed by atoms with van der Waals surface area (Å²) in [6, 6.07) is 6.34. The van der Waals surface area contributed by atoms with Crippen LogP contribution < -0.4 is 4.74 Å². The third-order valence-corrected chi connectivity index (χ3v) is 9.23. The minimum absolute atomic E-state index is 0.0921. The van der Waals surface area contributed by atoms with Gasteiger partial charge in [-0.1, -0.05) is 40.2 Å². The fourth-order valence-electron chi connectivity index (χ4n) is 7.00. The third kappa shape index (κ3) is 3.83. The molecule has 3 nitrogen and oxygen atoms in total. The maximum absolute atomic E-state index is 11.5. The van der Waals surface area contributed by atoms with E-state index in [0.717, 1.165) is 19.3 Å². The van der Waals surface area contributed by atoms with Crippen LogP contribution in [0.2, 0.25) is 0 Å². The Bertz CT molecular complexity index is 797. The molecular formula is C27H40O3. The zero-order valence-electron chi connectivity index (χ0n) is 19.5. The van der Waals surface area contributed by atoms with Gasteiger partial charge < -0.3 is 9.84 Å². The van der Waals surface area contributed by atoms with Crippen molar-refractivity contribution in [3.05, 3.63) is 29.3 Å². The molecule has 2 saturated carbocycles. The first-order chi connectivity index (χ1) is 14.1. The monoisotopic (exact) mass is 412 g/mol. The van der Waals surface area contributed by atoms with Crippen LogP contribution in [0.5, 0.6) is 5.75 Å². The van der Waals surface area contributed by atoms with Crippen molar-refractivity contribution in [1.82, 2.24) is 0 Å². The molecule has 3 aliphatic rings. The number of carbonyl (C=O) groups excluding carboxylic acids is 1. The minimum atomic E-state index is -0.252. The highest BCUT2D eigenvalue weighted by Gasteiger charge is 2.56. The fraction of sp³-hybridized carbons (Fsp3) is 0.741. The second-order valence-corrected chi connectivity index (χ2v) is 11.4. The molecule has 0 saturated heterocycles. The van der Waals surface area contributed by atoms with Gasteiger partial charge in [0.2, 0.25) is 0 Å². The van der Waals surface area contributed by atoms with Gasteiger partial charge in [0.15, 0.2) is 0 Å². The first-order valence-electron chi connectivity index (χ1n) is 12.1. The highest BCUT2D eigenvalue weighted by Crippen LogP contribution is 2.63. The van der Waals surface area contributed by atoms with E-state index in [4.69, 9.17) is 4.74 Å². The summed E-state index contributed by atoms with van der Waals surface area (Å²) in [5.74, 6) is 2.96. The van der Waals surface area contributed by atoms with Crippen LogP contribution in [0.15, 0.2) is 18.2 Å². The van der Waals surface area contributed by atoms with Crippen molar-refractivity contribution in [1.29, 1.82) is 0 Å². The van der Waals surface area contributed by atoms with Crippen molar-refractivity contribution in [2.75, 3.05) is 0 Å². The van der Waals surface area contributed by atoms with Gasteiger partial charge in [0, 0.05) is 6.92 Å². The van der Waals surface area contributed by atoms with Gasteiger partial charge in [0.25, 0.3) is 0 Å². The van der Waals surface area contributed by atoms with E-state index in [2.05, 4.69) is 39.8 Å². The molecule has 6 unspecified atom stereocenters. The van der Waals surface area contributed by atoms with Crippen LogP contribution in [0.25, 0.3) is 0 Å². The van der Waals surface area contributed by atoms with Gasteiger partial charge in [-0.2, -0.15) is 0 Å². The Labute approximate surface area is 182 Å². The number of aliphatic hydroxyl groups is 1. The number of esters is 1. The summed E-state index contributed by atoms with van der Waals surface area (Å²) in [7, 11) is 0. The van der Waals surface area contributed by atoms with Crippen LogP contribution in [0.4, 0.5) is 0 Å². The zero-order chi connectivity index (χ0) is 21.7. The lowest BCUT2D eigenvalue weighted by atomic mass is 9.52. The maximum Gasteiger partial charge on any atom is 0.308 e. The van der Waals surface area contributed by atoms with Crippen LogP contribution in [0.3, 0.4) is 0 Å². The number of fused-ring (bicyclic) bond motifs is 5. The Morgan fingerprint density at radius 2 is 2.03 bits per heavy atom. The first kappa shape index (κ1) is 21.9. The quantitative estimate of drug-likeness (QED) is 0.458. The van der Waals surface area contributed by atoms with Gasteiger partial charge in [-0.3, -0.25) is 4.79 Å². The molecule has 0 spiro atoms. The highest BCUT2D eigenvalue weighted by atomic mass is 16.5. The number of ether oxygens (including phenoxy) is 1. The highest BCUT2D eigenvalue weighted by molar-refractivity contribution is 5.69. The largest absolute Gasteiger partial charge is 0.427 e. The summed E-state index contributed by atoms with van der Waals surface area (Å²) >= 11 is 0. The molecule has 2 fully saturated rings. The molecule has 1 aromatic carbocycles.